The number of benzene rings is 1. The molecule has 2 aromatic rings. The van der Waals surface area contributed by atoms with Crippen molar-refractivity contribution in [2.45, 2.75) is 13.8 Å². The first-order chi connectivity index (χ1) is 11.0. The fourth-order valence-corrected chi connectivity index (χ4v) is 2.40. The Hall–Kier alpha value is -2.95. The monoisotopic (exact) mass is 308 g/mol. The van der Waals surface area contributed by atoms with E-state index in [1.54, 1.807) is 16.7 Å². The molecule has 3 N–H and O–H groups in total. The van der Waals surface area contributed by atoms with Gasteiger partial charge in [0, 0.05) is 24.0 Å². The lowest BCUT2D eigenvalue weighted by atomic mass is 10.0. The molecule has 0 unspecified atom stereocenters. The number of carbonyl (C=O) groups excluding carboxylic acids is 1. The molecule has 0 saturated carbocycles. The Labute approximate surface area is 135 Å². The molecule has 1 aromatic heterocycles. The standard InChI is InChI=1S/C18H20N4O/c1-12-9-10-13(2)22(12)16(19)11-15(18(23)21-3)17(20)14-7-5-4-6-8-14/h4-11,19-20H,1-3H3,(H,21,23)/b15-11+,19-16?,20-17?. The number of carbonyl (C=O) groups is 1. The van der Waals surface area contributed by atoms with Gasteiger partial charge in [-0.15, -0.1) is 0 Å². The zero-order valence-corrected chi connectivity index (χ0v) is 13.5. The van der Waals surface area contributed by atoms with E-state index >= 15 is 0 Å². The predicted octanol–water partition coefficient (Wildman–Crippen LogP) is 2.67. The van der Waals surface area contributed by atoms with Gasteiger partial charge in [0.2, 0.25) is 0 Å². The first kappa shape index (κ1) is 16.4. The van der Waals surface area contributed by atoms with E-state index in [1.807, 2.05) is 44.2 Å². The molecule has 0 radical (unpaired) electrons. The third-order valence-corrected chi connectivity index (χ3v) is 3.60. The summed E-state index contributed by atoms with van der Waals surface area (Å²) >= 11 is 0. The van der Waals surface area contributed by atoms with Crippen molar-refractivity contribution in [3.63, 3.8) is 0 Å². The Morgan fingerprint density at radius 2 is 1.61 bits per heavy atom. The number of nitrogens with one attached hydrogen (secondary N) is 3. The Morgan fingerprint density at radius 1 is 1.04 bits per heavy atom. The summed E-state index contributed by atoms with van der Waals surface area (Å²) in [6, 6.07) is 12.9. The van der Waals surface area contributed by atoms with E-state index in [1.165, 1.54) is 13.1 Å². The fraction of sp³-hybridized carbons (Fsp3) is 0.167. The van der Waals surface area contributed by atoms with Crippen molar-refractivity contribution in [3.05, 3.63) is 71.1 Å². The van der Waals surface area contributed by atoms with Gasteiger partial charge in [0.25, 0.3) is 5.91 Å². The van der Waals surface area contributed by atoms with E-state index < -0.39 is 0 Å². The van der Waals surface area contributed by atoms with E-state index in [9.17, 15) is 4.79 Å². The maximum Gasteiger partial charge on any atom is 0.253 e. The molecule has 0 aliphatic heterocycles. The van der Waals surface area contributed by atoms with Gasteiger partial charge in [0.15, 0.2) is 0 Å². The van der Waals surface area contributed by atoms with Crippen LogP contribution in [0.5, 0.6) is 0 Å². The maximum atomic E-state index is 12.2. The van der Waals surface area contributed by atoms with Gasteiger partial charge in [-0.25, -0.2) is 0 Å². The molecule has 1 aromatic carbocycles. The van der Waals surface area contributed by atoms with Crippen molar-refractivity contribution < 1.29 is 4.79 Å². The van der Waals surface area contributed by atoms with Crippen LogP contribution in [-0.2, 0) is 4.79 Å². The van der Waals surface area contributed by atoms with Crippen LogP contribution in [0.4, 0.5) is 0 Å². The van der Waals surface area contributed by atoms with E-state index in [4.69, 9.17) is 10.8 Å². The Kier molecular flexibility index (Phi) is 4.91. The van der Waals surface area contributed by atoms with Crippen LogP contribution in [0.3, 0.4) is 0 Å². The van der Waals surface area contributed by atoms with Gasteiger partial charge in [-0.1, -0.05) is 30.3 Å². The number of aryl methyl sites for hydroxylation is 2. The highest BCUT2D eigenvalue weighted by atomic mass is 16.1. The van der Waals surface area contributed by atoms with E-state index in [0.29, 0.717) is 5.56 Å². The molecule has 0 aliphatic carbocycles. The van der Waals surface area contributed by atoms with Crippen LogP contribution in [0, 0.1) is 24.7 Å². The van der Waals surface area contributed by atoms with Crippen LogP contribution in [0.1, 0.15) is 17.0 Å². The van der Waals surface area contributed by atoms with Crippen LogP contribution in [-0.4, -0.2) is 29.1 Å². The van der Waals surface area contributed by atoms with Gasteiger partial charge in [0.05, 0.1) is 11.3 Å². The molecular formula is C18H20N4O. The molecule has 1 amide bonds. The zero-order valence-electron chi connectivity index (χ0n) is 13.5. The molecule has 0 atom stereocenters. The van der Waals surface area contributed by atoms with E-state index in [0.717, 1.165) is 11.4 Å². The largest absolute Gasteiger partial charge is 0.355 e. The molecule has 118 valence electrons. The van der Waals surface area contributed by atoms with Crippen LogP contribution in [0.25, 0.3) is 0 Å². The van der Waals surface area contributed by atoms with Crippen LogP contribution >= 0.6 is 0 Å². The number of likely N-dealkylation sites (N-methyl/N-ethyl adjacent to an activating group) is 1. The highest BCUT2D eigenvalue weighted by Crippen LogP contribution is 2.12. The summed E-state index contributed by atoms with van der Waals surface area (Å²) in [7, 11) is 1.52. The second-order valence-corrected chi connectivity index (χ2v) is 5.21. The minimum absolute atomic E-state index is 0.0946. The van der Waals surface area contributed by atoms with Crippen molar-refractivity contribution in [1.82, 2.24) is 9.88 Å². The summed E-state index contributed by atoms with van der Waals surface area (Å²) < 4.78 is 1.74. The number of hydrogen-bond donors (Lipinski definition) is 3. The van der Waals surface area contributed by atoms with Gasteiger partial charge in [-0.3, -0.25) is 15.6 Å². The van der Waals surface area contributed by atoms with Gasteiger partial charge in [-0.2, -0.15) is 0 Å². The highest BCUT2D eigenvalue weighted by molar-refractivity contribution is 6.29. The quantitative estimate of drug-likeness (QED) is 0.453. The first-order valence-electron chi connectivity index (χ1n) is 7.27. The average Bonchev–Trinajstić information content (AvgIpc) is 2.90. The summed E-state index contributed by atoms with van der Waals surface area (Å²) in [6.45, 7) is 3.80. The van der Waals surface area contributed by atoms with Crippen LogP contribution in [0.2, 0.25) is 0 Å². The number of aromatic nitrogens is 1. The van der Waals surface area contributed by atoms with Crippen LogP contribution in [0.15, 0.2) is 54.1 Å². The van der Waals surface area contributed by atoms with Crippen molar-refractivity contribution in [3.8, 4) is 0 Å². The van der Waals surface area contributed by atoms with Crippen molar-refractivity contribution in [2.75, 3.05) is 7.05 Å². The molecule has 2 rings (SSSR count). The molecular weight excluding hydrogens is 288 g/mol. The molecule has 23 heavy (non-hydrogen) atoms. The van der Waals surface area contributed by atoms with E-state index in [2.05, 4.69) is 5.32 Å². The Bertz CT molecular complexity index is 765. The molecule has 5 nitrogen and oxygen atoms in total. The second-order valence-electron chi connectivity index (χ2n) is 5.21. The summed E-state index contributed by atoms with van der Waals surface area (Å²) in [5.41, 5.74) is 2.71. The number of nitrogens with zero attached hydrogens (tertiary/aromatic N) is 1. The van der Waals surface area contributed by atoms with Gasteiger partial charge < -0.3 is 9.88 Å². The third kappa shape index (κ3) is 3.45. The molecule has 0 bridgehead atoms. The Balaban J connectivity index is 2.45. The second kappa shape index (κ2) is 6.87. The topological polar surface area (TPSA) is 81.7 Å². The lowest BCUT2D eigenvalue weighted by Crippen LogP contribution is -2.26. The van der Waals surface area contributed by atoms with Crippen molar-refractivity contribution >= 4 is 17.5 Å². The summed E-state index contributed by atoms with van der Waals surface area (Å²) in [4.78, 5) is 12.2. The summed E-state index contributed by atoms with van der Waals surface area (Å²) in [6.07, 6.45) is 1.44. The Morgan fingerprint density at radius 3 is 2.13 bits per heavy atom. The summed E-state index contributed by atoms with van der Waals surface area (Å²) in [5.74, 6) is -0.227. The lowest BCUT2D eigenvalue weighted by Gasteiger charge is -2.11. The number of hydrogen-bond acceptors (Lipinski definition) is 3. The number of amides is 1. The normalized spacial score (nSPS) is 11.2. The fourth-order valence-electron chi connectivity index (χ4n) is 2.40. The molecule has 5 heteroatoms. The van der Waals surface area contributed by atoms with E-state index in [-0.39, 0.29) is 23.0 Å². The summed E-state index contributed by atoms with van der Waals surface area (Å²) in [5, 5.41) is 19.1. The SMILES string of the molecule is CNC(=O)/C(=C/C(=N)n1c(C)ccc1C)C(=N)c1ccccc1. The lowest BCUT2D eigenvalue weighted by molar-refractivity contribution is -0.116. The van der Waals surface area contributed by atoms with Crippen LogP contribution < -0.4 is 5.32 Å². The molecule has 0 aliphatic rings. The highest BCUT2D eigenvalue weighted by Gasteiger charge is 2.17. The zero-order chi connectivity index (χ0) is 17.0. The molecule has 0 fully saturated rings. The van der Waals surface area contributed by atoms with Crippen molar-refractivity contribution in [2.24, 2.45) is 0 Å². The number of allylic oxidation sites excluding steroid dienone is 1. The predicted molar refractivity (Wildman–Crippen MR) is 92.5 cm³/mol. The minimum Gasteiger partial charge on any atom is -0.355 e. The van der Waals surface area contributed by atoms with Gasteiger partial charge in [0.1, 0.15) is 5.84 Å². The minimum atomic E-state index is -0.383. The van der Waals surface area contributed by atoms with Gasteiger partial charge in [-0.05, 0) is 32.1 Å². The van der Waals surface area contributed by atoms with Gasteiger partial charge >= 0.3 is 0 Å². The number of rotatable bonds is 4. The molecule has 1 heterocycles. The molecule has 0 saturated heterocycles. The molecule has 0 spiro atoms. The average molecular weight is 308 g/mol. The smallest absolute Gasteiger partial charge is 0.253 e. The third-order valence-electron chi connectivity index (χ3n) is 3.60. The maximum absolute atomic E-state index is 12.2. The first-order valence-corrected chi connectivity index (χ1v) is 7.27. The van der Waals surface area contributed by atoms with Crippen molar-refractivity contribution in [1.29, 1.82) is 10.8 Å².